The molecule has 0 aromatic carbocycles. The van der Waals surface area contributed by atoms with E-state index in [0.29, 0.717) is 29.5 Å². The summed E-state index contributed by atoms with van der Waals surface area (Å²) >= 11 is 0. The predicted octanol–water partition coefficient (Wildman–Crippen LogP) is 1.68. The molecular weight excluding hydrogens is 180 g/mol. The van der Waals surface area contributed by atoms with Crippen molar-refractivity contribution in [2.24, 2.45) is 5.92 Å². The zero-order chi connectivity index (χ0) is 10.7. The van der Waals surface area contributed by atoms with Crippen molar-refractivity contribution in [2.45, 2.75) is 27.7 Å². The predicted molar refractivity (Wildman–Crippen MR) is 53.1 cm³/mol. The first kappa shape index (κ1) is 10.8. The Balaban J connectivity index is 2.70. The third kappa shape index (κ3) is 2.34. The molecule has 0 atom stereocenters. The summed E-state index contributed by atoms with van der Waals surface area (Å²) < 4.78 is 4.91. The van der Waals surface area contributed by atoms with Crippen molar-refractivity contribution in [1.82, 2.24) is 10.5 Å². The molecule has 0 bridgehead atoms. The number of carbonyl (C=O) groups excluding carboxylic acids is 1. The molecule has 4 heteroatoms. The Morgan fingerprint density at radius 2 is 2.14 bits per heavy atom. The first-order chi connectivity index (χ1) is 6.52. The summed E-state index contributed by atoms with van der Waals surface area (Å²) in [5.41, 5.74) is 1.20. The van der Waals surface area contributed by atoms with Crippen LogP contribution in [0.4, 0.5) is 0 Å². The topological polar surface area (TPSA) is 55.1 Å². The first-order valence-corrected chi connectivity index (χ1v) is 4.73. The van der Waals surface area contributed by atoms with Gasteiger partial charge in [-0.15, -0.1) is 0 Å². The normalized spacial score (nSPS) is 10.6. The van der Waals surface area contributed by atoms with E-state index >= 15 is 0 Å². The average molecular weight is 196 g/mol. The summed E-state index contributed by atoms with van der Waals surface area (Å²) in [6, 6.07) is 0. The minimum atomic E-state index is -0.102. The summed E-state index contributed by atoms with van der Waals surface area (Å²) in [5, 5.41) is 6.56. The van der Waals surface area contributed by atoms with Crippen LogP contribution in [0.15, 0.2) is 4.52 Å². The van der Waals surface area contributed by atoms with Crippen LogP contribution in [0.2, 0.25) is 0 Å². The molecular formula is C10H16N2O2. The van der Waals surface area contributed by atoms with Crippen molar-refractivity contribution >= 4 is 5.91 Å². The Morgan fingerprint density at radius 1 is 1.50 bits per heavy atom. The molecule has 78 valence electrons. The van der Waals surface area contributed by atoms with E-state index < -0.39 is 0 Å². The molecule has 0 saturated heterocycles. The number of hydrogen-bond acceptors (Lipinski definition) is 3. The largest absolute Gasteiger partial charge is 0.361 e. The van der Waals surface area contributed by atoms with Crippen LogP contribution in [-0.4, -0.2) is 17.6 Å². The molecule has 0 fully saturated rings. The van der Waals surface area contributed by atoms with Crippen LogP contribution in [0.5, 0.6) is 0 Å². The Bertz CT molecular complexity index is 309. The fraction of sp³-hybridized carbons (Fsp3) is 0.600. The van der Waals surface area contributed by atoms with Gasteiger partial charge >= 0.3 is 0 Å². The molecule has 0 aliphatic carbocycles. The van der Waals surface area contributed by atoms with Gasteiger partial charge in [0, 0.05) is 6.54 Å². The third-order valence-electron chi connectivity index (χ3n) is 1.93. The molecule has 0 saturated carbocycles. The van der Waals surface area contributed by atoms with Crippen LogP contribution in [0.3, 0.4) is 0 Å². The van der Waals surface area contributed by atoms with Gasteiger partial charge in [-0.3, -0.25) is 4.79 Å². The smallest absolute Gasteiger partial charge is 0.256 e. The second-order valence-corrected chi connectivity index (χ2v) is 3.80. The van der Waals surface area contributed by atoms with Crippen LogP contribution < -0.4 is 5.32 Å². The number of carbonyl (C=O) groups is 1. The van der Waals surface area contributed by atoms with Crippen LogP contribution in [0.25, 0.3) is 0 Å². The molecule has 0 unspecified atom stereocenters. The van der Waals surface area contributed by atoms with Gasteiger partial charge in [0.1, 0.15) is 11.3 Å². The highest BCUT2D eigenvalue weighted by Gasteiger charge is 2.16. The van der Waals surface area contributed by atoms with Crippen molar-refractivity contribution < 1.29 is 9.32 Å². The van der Waals surface area contributed by atoms with Gasteiger partial charge in [0.25, 0.3) is 5.91 Å². The summed E-state index contributed by atoms with van der Waals surface area (Å²) in [6.45, 7) is 8.27. The van der Waals surface area contributed by atoms with E-state index in [1.165, 1.54) is 0 Å². The number of amides is 1. The van der Waals surface area contributed by atoms with E-state index in [-0.39, 0.29) is 5.91 Å². The molecule has 0 aliphatic heterocycles. The maximum atomic E-state index is 11.6. The zero-order valence-corrected chi connectivity index (χ0v) is 9.05. The third-order valence-corrected chi connectivity index (χ3v) is 1.93. The second-order valence-electron chi connectivity index (χ2n) is 3.80. The Labute approximate surface area is 83.7 Å². The molecule has 1 aromatic heterocycles. The average Bonchev–Trinajstić information content (AvgIpc) is 2.42. The number of hydrogen-bond donors (Lipinski definition) is 1. The van der Waals surface area contributed by atoms with Gasteiger partial charge < -0.3 is 9.84 Å². The lowest BCUT2D eigenvalue weighted by molar-refractivity contribution is 0.0947. The molecule has 14 heavy (non-hydrogen) atoms. The standard InChI is InChI=1S/C10H16N2O2/c1-6(2)5-11-10(13)9-7(3)12-14-8(9)4/h6H,5H2,1-4H3,(H,11,13). The van der Waals surface area contributed by atoms with E-state index in [4.69, 9.17) is 4.52 Å². The first-order valence-electron chi connectivity index (χ1n) is 4.73. The van der Waals surface area contributed by atoms with Gasteiger partial charge in [-0.1, -0.05) is 19.0 Å². The van der Waals surface area contributed by atoms with Gasteiger partial charge in [0.05, 0.1) is 5.69 Å². The highest BCUT2D eigenvalue weighted by molar-refractivity contribution is 5.96. The lowest BCUT2D eigenvalue weighted by Crippen LogP contribution is -2.28. The van der Waals surface area contributed by atoms with E-state index in [1.54, 1.807) is 13.8 Å². The number of rotatable bonds is 3. The minimum Gasteiger partial charge on any atom is -0.361 e. The molecule has 0 radical (unpaired) electrons. The highest BCUT2D eigenvalue weighted by atomic mass is 16.5. The van der Waals surface area contributed by atoms with Crippen molar-refractivity contribution in [2.75, 3.05) is 6.54 Å². The molecule has 1 N–H and O–H groups in total. The van der Waals surface area contributed by atoms with Crippen LogP contribution in [0.1, 0.15) is 35.7 Å². The van der Waals surface area contributed by atoms with Crippen molar-refractivity contribution in [3.05, 3.63) is 17.0 Å². The quantitative estimate of drug-likeness (QED) is 0.800. The summed E-state index contributed by atoms with van der Waals surface area (Å²) in [7, 11) is 0. The maximum Gasteiger partial charge on any atom is 0.256 e. The molecule has 1 rings (SSSR count). The lowest BCUT2D eigenvalue weighted by Gasteiger charge is -2.06. The Kier molecular flexibility index (Phi) is 3.28. The molecule has 1 amide bonds. The number of aromatic nitrogens is 1. The maximum absolute atomic E-state index is 11.6. The highest BCUT2D eigenvalue weighted by Crippen LogP contribution is 2.11. The lowest BCUT2D eigenvalue weighted by atomic mass is 10.1. The Morgan fingerprint density at radius 3 is 2.57 bits per heavy atom. The van der Waals surface area contributed by atoms with Gasteiger partial charge in [-0.25, -0.2) is 0 Å². The summed E-state index contributed by atoms with van der Waals surface area (Å²) in [5.74, 6) is 0.915. The van der Waals surface area contributed by atoms with E-state index in [2.05, 4.69) is 10.5 Å². The van der Waals surface area contributed by atoms with Crippen molar-refractivity contribution in [3.8, 4) is 0 Å². The number of aryl methyl sites for hydroxylation is 2. The van der Waals surface area contributed by atoms with Crippen LogP contribution in [-0.2, 0) is 0 Å². The Hall–Kier alpha value is -1.32. The van der Waals surface area contributed by atoms with E-state index in [0.717, 1.165) is 0 Å². The summed E-state index contributed by atoms with van der Waals surface area (Å²) in [4.78, 5) is 11.6. The molecule has 4 nitrogen and oxygen atoms in total. The van der Waals surface area contributed by atoms with Crippen molar-refractivity contribution in [1.29, 1.82) is 0 Å². The van der Waals surface area contributed by atoms with Crippen LogP contribution >= 0.6 is 0 Å². The van der Waals surface area contributed by atoms with Gasteiger partial charge in [-0.05, 0) is 19.8 Å². The molecule has 0 spiro atoms. The second kappa shape index (κ2) is 4.26. The monoisotopic (exact) mass is 196 g/mol. The summed E-state index contributed by atoms with van der Waals surface area (Å²) in [6.07, 6.45) is 0. The number of nitrogens with one attached hydrogen (secondary N) is 1. The number of nitrogens with zero attached hydrogens (tertiary/aromatic N) is 1. The zero-order valence-electron chi connectivity index (χ0n) is 9.05. The molecule has 1 aromatic rings. The van der Waals surface area contributed by atoms with Gasteiger partial charge in [0.15, 0.2) is 0 Å². The SMILES string of the molecule is Cc1noc(C)c1C(=O)NCC(C)C. The van der Waals surface area contributed by atoms with Gasteiger partial charge in [0.2, 0.25) is 0 Å². The van der Waals surface area contributed by atoms with E-state index in [9.17, 15) is 4.79 Å². The molecule has 0 aliphatic rings. The van der Waals surface area contributed by atoms with E-state index in [1.807, 2.05) is 13.8 Å². The van der Waals surface area contributed by atoms with Gasteiger partial charge in [-0.2, -0.15) is 0 Å². The van der Waals surface area contributed by atoms with Crippen LogP contribution in [0, 0.1) is 19.8 Å². The fourth-order valence-electron chi connectivity index (χ4n) is 1.19. The molecule has 1 heterocycles. The van der Waals surface area contributed by atoms with Crippen molar-refractivity contribution in [3.63, 3.8) is 0 Å². The minimum absolute atomic E-state index is 0.102. The fourth-order valence-corrected chi connectivity index (χ4v) is 1.19.